The fraction of sp³-hybridized carbons (Fsp3) is 0.138. The van der Waals surface area contributed by atoms with Gasteiger partial charge in [0.15, 0.2) is 11.5 Å². The van der Waals surface area contributed by atoms with Crippen LogP contribution in [0.3, 0.4) is 0 Å². The molecule has 0 spiro atoms. The highest BCUT2D eigenvalue weighted by Gasteiger charge is 2.08. The summed E-state index contributed by atoms with van der Waals surface area (Å²) in [6.45, 7) is 0.871. The van der Waals surface area contributed by atoms with Crippen molar-refractivity contribution in [3.05, 3.63) is 102 Å². The lowest BCUT2D eigenvalue weighted by Crippen LogP contribution is -2.12. The topological polar surface area (TPSA) is 77.0 Å². The van der Waals surface area contributed by atoms with Crippen molar-refractivity contribution in [2.75, 3.05) is 32.7 Å². The third-order valence-electron chi connectivity index (χ3n) is 5.59. The van der Waals surface area contributed by atoms with Gasteiger partial charge in [0.25, 0.3) is 0 Å². The monoisotopic (exact) mass is 469 g/mol. The number of aromatic carboxylic acids is 1. The second-order valence-electron chi connectivity index (χ2n) is 7.92. The molecule has 0 bridgehead atoms. The zero-order valence-electron chi connectivity index (χ0n) is 19.7. The number of benzene rings is 4. The van der Waals surface area contributed by atoms with Gasteiger partial charge in [-0.05, 0) is 46.9 Å². The van der Waals surface area contributed by atoms with Crippen LogP contribution < -0.4 is 19.5 Å². The van der Waals surface area contributed by atoms with Crippen molar-refractivity contribution in [2.45, 2.75) is 0 Å². The smallest absolute Gasteiger partial charge is 0.335 e. The Hall–Kier alpha value is -4.45. The summed E-state index contributed by atoms with van der Waals surface area (Å²) in [4.78, 5) is 11.2. The van der Waals surface area contributed by atoms with E-state index in [0.717, 1.165) is 33.3 Å². The first-order valence-corrected chi connectivity index (χ1v) is 11.2. The molecular weight excluding hydrogens is 442 g/mol. The molecule has 0 amide bonds. The maximum Gasteiger partial charge on any atom is 0.335 e. The van der Waals surface area contributed by atoms with Crippen LogP contribution in [0.25, 0.3) is 16.8 Å². The fourth-order valence-electron chi connectivity index (χ4n) is 3.76. The van der Waals surface area contributed by atoms with Gasteiger partial charge in [-0.1, -0.05) is 54.6 Å². The number of carboxylic acids is 1. The quantitative estimate of drug-likeness (QED) is 0.291. The highest BCUT2D eigenvalue weighted by Crippen LogP contribution is 2.30. The Balaban J connectivity index is 1.57. The molecule has 0 aromatic heterocycles. The maximum atomic E-state index is 11.2. The normalized spacial score (nSPS) is 11.2. The van der Waals surface area contributed by atoms with Crippen molar-refractivity contribution in [3.63, 3.8) is 0 Å². The van der Waals surface area contributed by atoms with Crippen molar-refractivity contribution in [2.24, 2.45) is 0 Å². The number of methoxy groups -OCH3 is 2. The number of hydrogen-bond donors (Lipinski definition) is 2. The number of hydrogen-bond acceptors (Lipinski definition) is 5. The van der Waals surface area contributed by atoms with E-state index in [-0.39, 0.29) is 5.56 Å². The molecule has 0 fully saturated rings. The summed E-state index contributed by atoms with van der Waals surface area (Å²) in [5.41, 5.74) is 3.00. The van der Waals surface area contributed by atoms with Crippen LogP contribution in [0.1, 0.15) is 15.9 Å². The minimum absolute atomic E-state index is 0.249. The first-order valence-electron chi connectivity index (χ1n) is 11.2. The predicted molar refractivity (Wildman–Crippen MR) is 139 cm³/mol. The average Bonchev–Trinajstić information content (AvgIpc) is 2.90. The largest absolute Gasteiger partial charge is 0.493 e. The molecule has 4 aromatic carbocycles. The molecule has 6 heteroatoms. The van der Waals surface area contributed by atoms with Crippen LogP contribution in [0.5, 0.6) is 17.2 Å². The van der Waals surface area contributed by atoms with Gasteiger partial charge in [0, 0.05) is 23.7 Å². The Morgan fingerprint density at radius 1 is 0.857 bits per heavy atom. The lowest BCUT2D eigenvalue weighted by Gasteiger charge is -2.15. The van der Waals surface area contributed by atoms with Gasteiger partial charge in [-0.25, -0.2) is 4.79 Å². The van der Waals surface area contributed by atoms with Crippen LogP contribution in [-0.2, 0) is 0 Å². The van der Waals surface area contributed by atoms with E-state index in [1.165, 1.54) is 0 Å². The summed E-state index contributed by atoms with van der Waals surface area (Å²) in [5.74, 6) is 1.16. The molecule has 178 valence electrons. The maximum absolute atomic E-state index is 11.2. The number of carboxylic acid groups (broad SMARTS) is 1. The van der Waals surface area contributed by atoms with Crippen molar-refractivity contribution in [3.8, 4) is 17.2 Å². The molecule has 4 rings (SSSR count). The van der Waals surface area contributed by atoms with E-state index in [4.69, 9.17) is 14.2 Å². The zero-order valence-corrected chi connectivity index (χ0v) is 19.7. The summed E-state index contributed by atoms with van der Waals surface area (Å²) in [7, 11) is 3.21. The lowest BCUT2D eigenvalue weighted by atomic mass is 10.1. The number of rotatable bonds is 10. The molecule has 0 radical (unpaired) electrons. The number of anilines is 1. The van der Waals surface area contributed by atoms with E-state index in [2.05, 4.69) is 17.4 Å². The zero-order chi connectivity index (χ0) is 24.6. The Labute approximate surface area is 204 Å². The van der Waals surface area contributed by atoms with E-state index in [0.29, 0.717) is 24.7 Å². The minimum Gasteiger partial charge on any atom is -0.493 e. The van der Waals surface area contributed by atoms with Gasteiger partial charge in [-0.15, -0.1) is 0 Å². The SMILES string of the molecule is COc1ccc(NCC(=Cc2ccc(C(=O)O)cc2)COc2cccc3ccccc23)cc1OC. The molecule has 6 nitrogen and oxygen atoms in total. The van der Waals surface area contributed by atoms with Crippen LogP contribution in [0.15, 0.2) is 90.5 Å². The number of fused-ring (bicyclic) bond motifs is 1. The van der Waals surface area contributed by atoms with Gasteiger partial charge in [0.05, 0.1) is 19.8 Å². The minimum atomic E-state index is -0.949. The lowest BCUT2D eigenvalue weighted by molar-refractivity contribution is 0.0697. The van der Waals surface area contributed by atoms with Crippen LogP contribution in [0, 0.1) is 0 Å². The second-order valence-corrected chi connectivity index (χ2v) is 7.92. The summed E-state index contributed by atoms with van der Waals surface area (Å²) in [6.07, 6.45) is 2.00. The standard InChI is InChI=1S/C29H27NO5/c1-33-27-15-14-24(17-28(27)34-2)30-18-21(16-20-10-12-23(13-11-20)29(31)32)19-35-26-9-5-7-22-6-3-4-8-25(22)26/h3-17,30H,18-19H2,1-2H3,(H,31,32). The van der Waals surface area contributed by atoms with Gasteiger partial charge in [0.1, 0.15) is 12.4 Å². The Morgan fingerprint density at radius 2 is 1.60 bits per heavy atom. The molecule has 0 saturated carbocycles. The van der Waals surface area contributed by atoms with Gasteiger partial charge >= 0.3 is 5.97 Å². The van der Waals surface area contributed by atoms with Gasteiger partial charge in [0.2, 0.25) is 0 Å². The van der Waals surface area contributed by atoms with E-state index in [1.54, 1.807) is 38.5 Å². The average molecular weight is 470 g/mol. The molecule has 0 heterocycles. The molecule has 0 aliphatic carbocycles. The van der Waals surface area contributed by atoms with E-state index < -0.39 is 5.97 Å². The number of nitrogens with one attached hydrogen (secondary N) is 1. The molecule has 0 aliphatic rings. The fourth-order valence-corrected chi connectivity index (χ4v) is 3.76. The third-order valence-corrected chi connectivity index (χ3v) is 5.59. The van der Waals surface area contributed by atoms with Crippen molar-refractivity contribution in [1.82, 2.24) is 0 Å². The van der Waals surface area contributed by atoms with Crippen LogP contribution in [-0.4, -0.2) is 38.4 Å². The van der Waals surface area contributed by atoms with Crippen LogP contribution >= 0.6 is 0 Å². The van der Waals surface area contributed by atoms with Crippen LogP contribution in [0.4, 0.5) is 5.69 Å². The Morgan fingerprint density at radius 3 is 2.34 bits per heavy atom. The predicted octanol–water partition coefficient (Wildman–Crippen LogP) is 6.13. The highest BCUT2D eigenvalue weighted by atomic mass is 16.5. The Kier molecular flexibility index (Phi) is 7.53. The summed E-state index contributed by atoms with van der Waals surface area (Å²) in [6, 6.07) is 26.5. The molecule has 0 aliphatic heterocycles. The molecular formula is C29H27NO5. The summed E-state index contributed by atoms with van der Waals surface area (Å²) >= 11 is 0. The van der Waals surface area contributed by atoms with Crippen molar-refractivity contribution in [1.29, 1.82) is 0 Å². The van der Waals surface area contributed by atoms with Crippen molar-refractivity contribution >= 4 is 28.5 Å². The number of carbonyl (C=O) groups is 1. The Bertz CT molecular complexity index is 1340. The van der Waals surface area contributed by atoms with E-state index in [9.17, 15) is 9.90 Å². The molecule has 0 atom stereocenters. The van der Waals surface area contributed by atoms with Gasteiger partial charge in [-0.2, -0.15) is 0 Å². The highest BCUT2D eigenvalue weighted by molar-refractivity contribution is 5.88. The second kappa shape index (κ2) is 11.1. The molecule has 4 aromatic rings. The molecule has 0 saturated heterocycles. The first kappa shape index (κ1) is 23.7. The summed E-state index contributed by atoms with van der Waals surface area (Å²) < 4.78 is 17.0. The van der Waals surface area contributed by atoms with Gasteiger partial charge in [-0.3, -0.25) is 0 Å². The molecule has 0 unspecified atom stereocenters. The van der Waals surface area contributed by atoms with Crippen LogP contribution in [0.2, 0.25) is 0 Å². The first-order chi connectivity index (χ1) is 17.1. The van der Waals surface area contributed by atoms with Crippen molar-refractivity contribution < 1.29 is 24.1 Å². The third kappa shape index (κ3) is 5.92. The van der Waals surface area contributed by atoms with Gasteiger partial charge < -0.3 is 24.6 Å². The van der Waals surface area contributed by atoms with E-state index >= 15 is 0 Å². The molecule has 35 heavy (non-hydrogen) atoms. The van der Waals surface area contributed by atoms with E-state index in [1.807, 2.05) is 54.6 Å². The summed E-state index contributed by atoms with van der Waals surface area (Å²) in [5, 5.41) is 14.8. The molecule has 2 N–H and O–H groups in total. The number of ether oxygens (including phenoxy) is 3.